The third-order valence-electron chi connectivity index (χ3n) is 3.08. The van der Waals surface area contributed by atoms with E-state index in [1.807, 2.05) is 4.57 Å². The molecule has 1 unspecified atom stereocenters. The molecule has 7 heteroatoms. The number of anilines is 1. The third-order valence-corrected chi connectivity index (χ3v) is 3.80. The van der Waals surface area contributed by atoms with Crippen LogP contribution in [0.5, 0.6) is 0 Å². The SMILES string of the molecule is Nc1nc2cc(Cl)c(Cl)cc2n1C1CNC(=O)C1. The van der Waals surface area contributed by atoms with Gasteiger partial charge in [-0.3, -0.25) is 4.79 Å². The van der Waals surface area contributed by atoms with Crippen LogP contribution >= 0.6 is 23.2 Å². The summed E-state index contributed by atoms with van der Waals surface area (Å²) in [7, 11) is 0. The lowest BCUT2D eigenvalue weighted by molar-refractivity contribution is -0.119. The van der Waals surface area contributed by atoms with Gasteiger partial charge >= 0.3 is 0 Å². The molecule has 5 nitrogen and oxygen atoms in total. The van der Waals surface area contributed by atoms with Gasteiger partial charge in [0.05, 0.1) is 27.1 Å². The number of rotatable bonds is 1. The van der Waals surface area contributed by atoms with Crippen molar-refractivity contribution in [1.29, 1.82) is 0 Å². The Bertz CT molecular complexity index is 652. The van der Waals surface area contributed by atoms with Gasteiger partial charge < -0.3 is 15.6 Å². The molecule has 94 valence electrons. The number of hydrogen-bond acceptors (Lipinski definition) is 3. The Morgan fingerprint density at radius 2 is 2.11 bits per heavy atom. The van der Waals surface area contributed by atoms with Crippen molar-refractivity contribution in [3.05, 3.63) is 22.2 Å². The van der Waals surface area contributed by atoms with Gasteiger partial charge in [-0.15, -0.1) is 0 Å². The molecule has 18 heavy (non-hydrogen) atoms. The van der Waals surface area contributed by atoms with Crippen LogP contribution in [-0.2, 0) is 4.79 Å². The van der Waals surface area contributed by atoms with Crippen LogP contribution in [0, 0.1) is 0 Å². The molecule has 0 bridgehead atoms. The molecule has 0 aliphatic carbocycles. The van der Waals surface area contributed by atoms with Crippen LogP contribution in [0.4, 0.5) is 5.95 Å². The Morgan fingerprint density at radius 1 is 1.39 bits per heavy atom. The van der Waals surface area contributed by atoms with Crippen molar-refractivity contribution in [1.82, 2.24) is 14.9 Å². The van der Waals surface area contributed by atoms with Gasteiger partial charge in [0.1, 0.15) is 0 Å². The maximum atomic E-state index is 11.3. The van der Waals surface area contributed by atoms with Gasteiger partial charge in [-0.25, -0.2) is 4.98 Å². The van der Waals surface area contributed by atoms with Crippen LogP contribution in [0.25, 0.3) is 11.0 Å². The topological polar surface area (TPSA) is 72.9 Å². The lowest BCUT2D eigenvalue weighted by Crippen LogP contribution is -2.16. The summed E-state index contributed by atoms with van der Waals surface area (Å²) in [6.45, 7) is 0.550. The van der Waals surface area contributed by atoms with Crippen molar-refractivity contribution in [2.45, 2.75) is 12.5 Å². The molecule has 3 rings (SSSR count). The second-order valence-corrected chi connectivity index (χ2v) is 5.07. The largest absolute Gasteiger partial charge is 0.369 e. The van der Waals surface area contributed by atoms with E-state index < -0.39 is 0 Å². The van der Waals surface area contributed by atoms with Gasteiger partial charge in [0, 0.05) is 13.0 Å². The molecule has 1 saturated heterocycles. The van der Waals surface area contributed by atoms with E-state index in [2.05, 4.69) is 10.3 Å². The first kappa shape index (κ1) is 11.6. The number of aromatic nitrogens is 2. The smallest absolute Gasteiger partial charge is 0.222 e. The Morgan fingerprint density at radius 3 is 2.78 bits per heavy atom. The molecular weight excluding hydrogens is 275 g/mol. The summed E-state index contributed by atoms with van der Waals surface area (Å²) >= 11 is 12.0. The number of hydrogen-bond donors (Lipinski definition) is 2. The van der Waals surface area contributed by atoms with E-state index in [-0.39, 0.29) is 11.9 Å². The van der Waals surface area contributed by atoms with Crippen molar-refractivity contribution in [3.63, 3.8) is 0 Å². The van der Waals surface area contributed by atoms with Gasteiger partial charge in [0.25, 0.3) is 0 Å². The standard InChI is InChI=1S/C11H10Cl2N4O/c12-6-2-8-9(3-7(6)13)17(11(14)16-8)5-1-10(18)15-4-5/h2-3,5H,1,4H2,(H2,14,16)(H,15,18). The van der Waals surface area contributed by atoms with Gasteiger partial charge in [-0.05, 0) is 12.1 Å². The Hall–Kier alpha value is -1.46. The van der Waals surface area contributed by atoms with E-state index in [1.165, 1.54) is 0 Å². The molecular formula is C11H10Cl2N4O. The Labute approximate surface area is 113 Å². The van der Waals surface area contributed by atoms with Crippen LogP contribution in [0.3, 0.4) is 0 Å². The summed E-state index contributed by atoms with van der Waals surface area (Å²) in [5.41, 5.74) is 7.38. The summed E-state index contributed by atoms with van der Waals surface area (Å²) in [5.74, 6) is 0.381. The van der Waals surface area contributed by atoms with Gasteiger partial charge in [0.15, 0.2) is 0 Å². The first-order chi connectivity index (χ1) is 8.56. The zero-order chi connectivity index (χ0) is 12.9. The fourth-order valence-corrected chi connectivity index (χ4v) is 2.58. The molecule has 2 aromatic rings. The molecule has 1 atom stereocenters. The molecule has 1 aromatic heterocycles. The zero-order valence-corrected chi connectivity index (χ0v) is 10.8. The van der Waals surface area contributed by atoms with E-state index in [0.717, 1.165) is 5.52 Å². The number of nitrogens with one attached hydrogen (secondary N) is 1. The van der Waals surface area contributed by atoms with Crippen molar-refractivity contribution < 1.29 is 4.79 Å². The summed E-state index contributed by atoms with van der Waals surface area (Å²) in [4.78, 5) is 15.5. The molecule has 1 aromatic carbocycles. The highest BCUT2D eigenvalue weighted by molar-refractivity contribution is 6.42. The average molecular weight is 285 g/mol. The van der Waals surface area contributed by atoms with Crippen molar-refractivity contribution >= 4 is 46.1 Å². The monoisotopic (exact) mass is 284 g/mol. The highest BCUT2D eigenvalue weighted by Gasteiger charge is 2.26. The quantitative estimate of drug-likeness (QED) is 0.841. The van der Waals surface area contributed by atoms with Crippen LogP contribution in [0.15, 0.2) is 12.1 Å². The maximum Gasteiger partial charge on any atom is 0.222 e. The number of fused-ring (bicyclic) bond motifs is 1. The molecule has 0 saturated carbocycles. The summed E-state index contributed by atoms with van der Waals surface area (Å²) in [5, 5.41) is 3.66. The van der Waals surface area contributed by atoms with E-state index in [4.69, 9.17) is 28.9 Å². The minimum Gasteiger partial charge on any atom is -0.369 e. The Balaban J connectivity index is 2.19. The number of halogens is 2. The van der Waals surface area contributed by atoms with Crippen molar-refractivity contribution in [2.75, 3.05) is 12.3 Å². The van der Waals surface area contributed by atoms with Crippen molar-refractivity contribution in [2.24, 2.45) is 0 Å². The molecule has 1 aliphatic heterocycles. The van der Waals surface area contributed by atoms with Gasteiger partial charge in [-0.1, -0.05) is 23.2 Å². The molecule has 2 heterocycles. The zero-order valence-electron chi connectivity index (χ0n) is 9.28. The molecule has 0 spiro atoms. The number of nitrogen functional groups attached to an aromatic ring is 1. The van der Waals surface area contributed by atoms with Crippen molar-refractivity contribution in [3.8, 4) is 0 Å². The Kier molecular flexibility index (Phi) is 2.60. The number of carbonyl (C=O) groups is 1. The first-order valence-electron chi connectivity index (χ1n) is 5.45. The van der Waals surface area contributed by atoms with Crippen LogP contribution < -0.4 is 11.1 Å². The second kappa shape index (κ2) is 4.03. The fourth-order valence-electron chi connectivity index (χ4n) is 2.27. The fraction of sp³-hybridized carbons (Fsp3) is 0.273. The van der Waals surface area contributed by atoms with Gasteiger partial charge in [-0.2, -0.15) is 0 Å². The third kappa shape index (κ3) is 1.71. The summed E-state index contributed by atoms with van der Waals surface area (Å²) < 4.78 is 1.83. The van der Waals surface area contributed by atoms with E-state index in [0.29, 0.717) is 34.5 Å². The number of carbonyl (C=O) groups excluding carboxylic acids is 1. The minimum atomic E-state index is -0.0280. The van der Waals surface area contributed by atoms with E-state index in [1.54, 1.807) is 12.1 Å². The van der Waals surface area contributed by atoms with Crippen LogP contribution in [0.1, 0.15) is 12.5 Å². The van der Waals surface area contributed by atoms with Gasteiger partial charge in [0.2, 0.25) is 11.9 Å². The first-order valence-corrected chi connectivity index (χ1v) is 6.21. The second-order valence-electron chi connectivity index (χ2n) is 4.26. The number of imidazole rings is 1. The average Bonchev–Trinajstić information content (AvgIpc) is 2.83. The number of nitrogens with zero attached hydrogens (tertiary/aromatic N) is 2. The minimum absolute atomic E-state index is 0.0151. The molecule has 1 fully saturated rings. The predicted molar refractivity (Wildman–Crippen MR) is 70.8 cm³/mol. The summed E-state index contributed by atoms with van der Waals surface area (Å²) in [6.07, 6.45) is 0.399. The highest BCUT2D eigenvalue weighted by atomic mass is 35.5. The predicted octanol–water partition coefficient (Wildman–Crippen LogP) is 1.99. The lowest BCUT2D eigenvalue weighted by atomic mass is 10.2. The normalized spacial score (nSPS) is 19.4. The molecule has 0 radical (unpaired) electrons. The molecule has 3 N–H and O–H groups in total. The molecule has 1 amide bonds. The number of nitrogens with two attached hydrogens (primary N) is 1. The highest BCUT2D eigenvalue weighted by Crippen LogP contribution is 2.32. The van der Waals surface area contributed by atoms with Crippen LogP contribution in [-0.4, -0.2) is 22.0 Å². The van der Waals surface area contributed by atoms with Crippen LogP contribution in [0.2, 0.25) is 10.0 Å². The number of benzene rings is 1. The van der Waals surface area contributed by atoms with E-state index >= 15 is 0 Å². The lowest BCUT2D eigenvalue weighted by Gasteiger charge is -2.12. The maximum absolute atomic E-state index is 11.3. The molecule has 1 aliphatic rings. The van der Waals surface area contributed by atoms with E-state index in [9.17, 15) is 4.79 Å². The number of amides is 1. The summed E-state index contributed by atoms with van der Waals surface area (Å²) in [6, 6.07) is 3.38.